The molecule has 0 spiro atoms. The molecule has 1 aliphatic rings. The Hall–Kier alpha value is -1.10. The number of hydrogen-bond acceptors (Lipinski definition) is 4. The Kier molecular flexibility index (Phi) is 2.87. The summed E-state index contributed by atoms with van der Waals surface area (Å²) in [7, 11) is 1.34. The molecule has 1 heterocycles. The lowest BCUT2D eigenvalue weighted by Crippen LogP contribution is -2.56. The zero-order chi connectivity index (χ0) is 10.0. The van der Waals surface area contributed by atoms with Gasteiger partial charge in [-0.25, -0.2) is 4.79 Å². The summed E-state index contributed by atoms with van der Waals surface area (Å²) in [4.78, 5) is 22.4. The molecule has 74 valence electrons. The van der Waals surface area contributed by atoms with Gasteiger partial charge in [-0.15, -0.1) is 0 Å². The zero-order valence-corrected chi connectivity index (χ0v) is 7.87. The van der Waals surface area contributed by atoms with Crippen LogP contribution in [-0.4, -0.2) is 31.3 Å². The molecule has 0 radical (unpaired) electrons. The molecule has 1 fully saturated rings. The highest BCUT2D eigenvalue weighted by Gasteiger charge is 2.37. The maximum absolute atomic E-state index is 11.3. The number of amides is 1. The number of esters is 1. The van der Waals surface area contributed by atoms with Crippen LogP contribution in [0.1, 0.15) is 13.8 Å². The first-order valence-corrected chi connectivity index (χ1v) is 4.10. The van der Waals surface area contributed by atoms with Crippen molar-refractivity contribution >= 4 is 11.9 Å². The van der Waals surface area contributed by atoms with Crippen molar-refractivity contribution in [2.75, 3.05) is 7.11 Å². The van der Waals surface area contributed by atoms with Gasteiger partial charge in [-0.3, -0.25) is 4.79 Å². The van der Waals surface area contributed by atoms with Gasteiger partial charge in [0.15, 0.2) is 6.10 Å². The predicted octanol–water partition coefficient (Wildman–Crippen LogP) is -0.344. The maximum Gasteiger partial charge on any atom is 0.357 e. The summed E-state index contributed by atoms with van der Waals surface area (Å²) < 4.78 is 9.58. The van der Waals surface area contributed by atoms with Gasteiger partial charge in [0.1, 0.15) is 0 Å². The summed E-state index contributed by atoms with van der Waals surface area (Å²) >= 11 is 0. The molecular formula is C8H13NO4. The minimum atomic E-state index is -0.956. The molecule has 1 unspecified atom stereocenters. The van der Waals surface area contributed by atoms with Crippen LogP contribution in [0.4, 0.5) is 0 Å². The van der Waals surface area contributed by atoms with Crippen molar-refractivity contribution < 1.29 is 19.1 Å². The molecule has 1 saturated heterocycles. The topological polar surface area (TPSA) is 64.6 Å². The number of ether oxygens (including phenoxy) is 2. The van der Waals surface area contributed by atoms with Crippen molar-refractivity contribution in [2.24, 2.45) is 5.92 Å². The largest absolute Gasteiger partial charge is 0.449 e. The number of carbonyl (C=O) groups is 2. The third-order valence-electron chi connectivity index (χ3n) is 1.83. The lowest BCUT2D eigenvalue weighted by Gasteiger charge is -2.29. The molecule has 5 nitrogen and oxygen atoms in total. The van der Waals surface area contributed by atoms with E-state index in [1.165, 1.54) is 7.11 Å². The lowest BCUT2D eigenvalue weighted by atomic mass is 10.1. The van der Waals surface area contributed by atoms with Crippen molar-refractivity contribution in [3.8, 4) is 0 Å². The summed E-state index contributed by atoms with van der Waals surface area (Å²) in [5, 5.41) is 2.41. The fourth-order valence-corrected chi connectivity index (χ4v) is 1.10. The van der Waals surface area contributed by atoms with Gasteiger partial charge in [-0.05, 0) is 5.92 Å². The first-order valence-electron chi connectivity index (χ1n) is 4.10. The molecule has 13 heavy (non-hydrogen) atoms. The molecule has 0 aromatic heterocycles. The molecule has 1 rings (SSSR count). The Balaban J connectivity index is 2.67. The molecule has 0 saturated carbocycles. The minimum Gasteiger partial charge on any atom is -0.449 e. The Morgan fingerprint density at radius 2 is 2.08 bits per heavy atom. The van der Waals surface area contributed by atoms with Crippen LogP contribution in [0.25, 0.3) is 0 Å². The highest BCUT2D eigenvalue weighted by Crippen LogP contribution is 2.12. The van der Waals surface area contributed by atoms with E-state index in [4.69, 9.17) is 9.47 Å². The van der Waals surface area contributed by atoms with Gasteiger partial charge in [-0.2, -0.15) is 0 Å². The average Bonchev–Trinajstić information content (AvgIpc) is 2.07. The van der Waals surface area contributed by atoms with E-state index in [9.17, 15) is 9.59 Å². The SMILES string of the molecule is COC1NC(=O)[C@H](C(C)C)OC1=O. The highest BCUT2D eigenvalue weighted by atomic mass is 16.6. The Morgan fingerprint density at radius 1 is 1.46 bits per heavy atom. The maximum atomic E-state index is 11.3. The molecule has 5 heteroatoms. The van der Waals surface area contributed by atoms with Gasteiger partial charge in [0.05, 0.1) is 0 Å². The number of cyclic esters (lactones) is 1. The van der Waals surface area contributed by atoms with Crippen LogP contribution in [0.15, 0.2) is 0 Å². The van der Waals surface area contributed by atoms with Gasteiger partial charge in [0.2, 0.25) is 6.23 Å². The monoisotopic (exact) mass is 187 g/mol. The van der Waals surface area contributed by atoms with E-state index in [-0.39, 0.29) is 11.8 Å². The van der Waals surface area contributed by atoms with Gasteiger partial charge < -0.3 is 14.8 Å². The minimum absolute atomic E-state index is 0.0262. The van der Waals surface area contributed by atoms with Crippen molar-refractivity contribution in [1.82, 2.24) is 5.32 Å². The summed E-state index contributed by atoms with van der Waals surface area (Å²) in [6, 6.07) is 0. The third kappa shape index (κ3) is 1.98. The summed E-state index contributed by atoms with van der Waals surface area (Å²) in [6.07, 6.45) is -1.65. The summed E-state index contributed by atoms with van der Waals surface area (Å²) in [6.45, 7) is 3.62. The molecule has 1 aliphatic heterocycles. The van der Waals surface area contributed by atoms with Gasteiger partial charge in [0.25, 0.3) is 5.91 Å². The van der Waals surface area contributed by atoms with E-state index in [0.29, 0.717) is 0 Å². The smallest absolute Gasteiger partial charge is 0.357 e. The molecule has 0 aliphatic carbocycles. The number of morpholine rings is 1. The van der Waals surface area contributed by atoms with E-state index in [1.54, 1.807) is 0 Å². The standard InChI is InChI=1S/C8H13NO4/c1-4(2)5-6(10)9-7(12-3)8(11)13-5/h4-5,7H,1-3H3,(H,9,10)/t5-,7?/m0/s1. The van der Waals surface area contributed by atoms with Crippen molar-refractivity contribution in [3.05, 3.63) is 0 Å². The van der Waals surface area contributed by atoms with Crippen LogP contribution in [0, 0.1) is 5.92 Å². The average molecular weight is 187 g/mol. The molecule has 0 bridgehead atoms. The Bertz CT molecular complexity index is 226. The fourth-order valence-electron chi connectivity index (χ4n) is 1.10. The zero-order valence-electron chi connectivity index (χ0n) is 7.87. The lowest BCUT2D eigenvalue weighted by molar-refractivity contribution is -0.180. The Morgan fingerprint density at radius 3 is 2.54 bits per heavy atom. The van der Waals surface area contributed by atoms with E-state index >= 15 is 0 Å². The van der Waals surface area contributed by atoms with E-state index in [0.717, 1.165) is 0 Å². The summed E-state index contributed by atoms with van der Waals surface area (Å²) in [5.74, 6) is -0.871. The van der Waals surface area contributed by atoms with Crippen molar-refractivity contribution in [3.63, 3.8) is 0 Å². The van der Waals surface area contributed by atoms with Crippen molar-refractivity contribution in [2.45, 2.75) is 26.2 Å². The van der Waals surface area contributed by atoms with Crippen molar-refractivity contribution in [1.29, 1.82) is 0 Å². The first kappa shape index (κ1) is 9.98. The number of hydrogen-bond donors (Lipinski definition) is 1. The second kappa shape index (κ2) is 3.74. The quantitative estimate of drug-likeness (QED) is 0.600. The highest BCUT2D eigenvalue weighted by molar-refractivity contribution is 5.91. The van der Waals surface area contributed by atoms with Crippen LogP contribution >= 0.6 is 0 Å². The molecule has 1 N–H and O–H groups in total. The second-order valence-electron chi connectivity index (χ2n) is 3.23. The van der Waals surface area contributed by atoms with E-state index < -0.39 is 18.3 Å². The van der Waals surface area contributed by atoms with E-state index in [2.05, 4.69) is 5.32 Å². The molecular weight excluding hydrogens is 174 g/mol. The van der Waals surface area contributed by atoms with E-state index in [1.807, 2.05) is 13.8 Å². The van der Waals surface area contributed by atoms with Crippen LogP contribution in [0.3, 0.4) is 0 Å². The third-order valence-corrected chi connectivity index (χ3v) is 1.83. The van der Waals surface area contributed by atoms with Crippen LogP contribution in [0.5, 0.6) is 0 Å². The van der Waals surface area contributed by atoms with Crippen LogP contribution in [0.2, 0.25) is 0 Å². The number of rotatable bonds is 2. The normalized spacial score (nSPS) is 28.6. The summed E-state index contributed by atoms with van der Waals surface area (Å²) in [5.41, 5.74) is 0. The van der Waals surface area contributed by atoms with Gasteiger partial charge in [0, 0.05) is 7.11 Å². The molecule has 0 aromatic rings. The van der Waals surface area contributed by atoms with Gasteiger partial charge in [-0.1, -0.05) is 13.8 Å². The molecule has 1 amide bonds. The molecule has 2 atom stereocenters. The molecule has 0 aromatic carbocycles. The second-order valence-corrected chi connectivity index (χ2v) is 3.23. The van der Waals surface area contributed by atoms with Crippen LogP contribution in [-0.2, 0) is 19.1 Å². The predicted molar refractivity (Wildman–Crippen MR) is 43.7 cm³/mol. The number of methoxy groups -OCH3 is 1. The Labute approximate surface area is 76.4 Å². The van der Waals surface area contributed by atoms with Crippen LogP contribution < -0.4 is 5.32 Å². The van der Waals surface area contributed by atoms with Gasteiger partial charge >= 0.3 is 5.97 Å². The number of carbonyl (C=O) groups excluding carboxylic acids is 2. The fraction of sp³-hybridized carbons (Fsp3) is 0.750. The number of nitrogens with one attached hydrogen (secondary N) is 1. The first-order chi connectivity index (χ1) is 6.06.